The molecule has 1 aromatic heterocycles. The summed E-state index contributed by atoms with van der Waals surface area (Å²) in [5.74, 6) is -0.195. The zero-order valence-corrected chi connectivity index (χ0v) is 11.8. The van der Waals surface area contributed by atoms with E-state index in [0.29, 0.717) is 44.0 Å². The van der Waals surface area contributed by atoms with Gasteiger partial charge in [0.2, 0.25) is 5.95 Å². The molecule has 106 valence electrons. The molecule has 0 aliphatic carbocycles. The van der Waals surface area contributed by atoms with E-state index in [1.807, 2.05) is 24.8 Å². The molecule has 20 heavy (non-hydrogen) atoms. The Kier molecular flexibility index (Phi) is 3.89. The van der Waals surface area contributed by atoms with E-state index in [2.05, 4.69) is 9.97 Å². The number of aryl methyl sites for hydroxylation is 1. The molecule has 0 amide bonds. The lowest BCUT2D eigenvalue weighted by molar-refractivity contribution is -0.150. The van der Waals surface area contributed by atoms with Crippen molar-refractivity contribution in [3.05, 3.63) is 17.5 Å². The summed E-state index contributed by atoms with van der Waals surface area (Å²) in [4.78, 5) is 21.9. The largest absolute Gasteiger partial charge is 0.481 e. The summed E-state index contributed by atoms with van der Waals surface area (Å²) in [5, 5.41) is 18.3. The Morgan fingerprint density at radius 1 is 1.50 bits per heavy atom. The molecule has 2 rings (SSSR count). The number of anilines is 1. The van der Waals surface area contributed by atoms with Gasteiger partial charge in [-0.3, -0.25) is 4.79 Å². The van der Waals surface area contributed by atoms with Gasteiger partial charge in [-0.2, -0.15) is 5.26 Å². The molecule has 0 bridgehead atoms. The number of aliphatic carboxylic acids is 1. The van der Waals surface area contributed by atoms with Crippen LogP contribution in [-0.4, -0.2) is 34.1 Å². The molecule has 1 aliphatic heterocycles. The van der Waals surface area contributed by atoms with Crippen LogP contribution in [0.1, 0.15) is 37.6 Å². The van der Waals surface area contributed by atoms with E-state index in [1.165, 1.54) is 0 Å². The maximum Gasteiger partial charge on any atom is 0.309 e. The Bertz CT molecular complexity index is 557. The molecule has 0 atom stereocenters. The highest BCUT2D eigenvalue weighted by Gasteiger charge is 2.40. The molecule has 0 radical (unpaired) electrons. The highest BCUT2D eigenvalue weighted by molar-refractivity contribution is 5.75. The topological polar surface area (TPSA) is 90.1 Å². The van der Waals surface area contributed by atoms with Gasteiger partial charge in [-0.25, -0.2) is 9.97 Å². The Labute approximate surface area is 118 Å². The fourth-order valence-corrected chi connectivity index (χ4v) is 2.60. The monoisotopic (exact) mass is 274 g/mol. The van der Waals surface area contributed by atoms with Gasteiger partial charge in [-0.15, -0.1) is 0 Å². The van der Waals surface area contributed by atoms with Crippen molar-refractivity contribution in [2.75, 3.05) is 18.0 Å². The van der Waals surface area contributed by atoms with Crippen molar-refractivity contribution < 1.29 is 9.90 Å². The van der Waals surface area contributed by atoms with Crippen LogP contribution in [-0.2, 0) is 4.79 Å². The number of carboxylic acid groups (broad SMARTS) is 1. The molecule has 0 aromatic carbocycles. The van der Waals surface area contributed by atoms with Gasteiger partial charge in [0.15, 0.2) is 0 Å². The fourth-order valence-electron chi connectivity index (χ4n) is 2.60. The second-order valence-corrected chi connectivity index (χ2v) is 5.23. The third-order valence-electron chi connectivity index (χ3n) is 4.09. The van der Waals surface area contributed by atoms with E-state index in [0.717, 1.165) is 5.69 Å². The highest BCUT2D eigenvalue weighted by Crippen LogP contribution is 2.36. The van der Waals surface area contributed by atoms with Crippen LogP contribution < -0.4 is 4.90 Å². The molecule has 1 saturated heterocycles. The van der Waals surface area contributed by atoms with Gasteiger partial charge in [-0.1, -0.05) is 6.92 Å². The molecule has 0 saturated carbocycles. The number of aromatic nitrogens is 2. The number of carbonyl (C=O) groups is 1. The standard InChI is InChI=1S/C14H18N4O2/c1-3-14(12(19)20)4-6-18(7-5-14)13-16-10(2)8-11(9-15)17-13/h8H,3-7H2,1-2H3,(H,19,20). The molecule has 6 heteroatoms. The van der Waals surface area contributed by atoms with Gasteiger partial charge >= 0.3 is 5.97 Å². The van der Waals surface area contributed by atoms with Crippen molar-refractivity contribution in [1.29, 1.82) is 5.26 Å². The number of nitriles is 1. The van der Waals surface area contributed by atoms with Gasteiger partial charge in [-0.05, 0) is 32.3 Å². The maximum absolute atomic E-state index is 11.4. The van der Waals surface area contributed by atoms with E-state index in [-0.39, 0.29) is 0 Å². The van der Waals surface area contributed by atoms with Gasteiger partial charge in [0.1, 0.15) is 11.8 Å². The van der Waals surface area contributed by atoms with Crippen LogP contribution in [0.5, 0.6) is 0 Å². The smallest absolute Gasteiger partial charge is 0.309 e. The van der Waals surface area contributed by atoms with Crippen molar-refractivity contribution in [2.45, 2.75) is 33.1 Å². The first kappa shape index (κ1) is 14.3. The Morgan fingerprint density at radius 3 is 2.65 bits per heavy atom. The summed E-state index contributed by atoms with van der Waals surface area (Å²) in [7, 11) is 0. The molecule has 1 aliphatic rings. The number of carboxylic acids is 1. The molecule has 1 fully saturated rings. The van der Waals surface area contributed by atoms with Gasteiger partial charge in [0.25, 0.3) is 0 Å². The zero-order valence-electron chi connectivity index (χ0n) is 11.8. The number of hydrogen-bond donors (Lipinski definition) is 1. The lowest BCUT2D eigenvalue weighted by Crippen LogP contribution is -2.44. The van der Waals surface area contributed by atoms with E-state index in [9.17, 15) is 9.90 Å². The number of rotatable bonds is 3. The summed E-state index contributed by atoms with van der Waals surface area (Å²) >= 11 is 0. The first-order chi connectivity index (χ1) is 9.50. The fraction of sp³-hybridized carbons (Fsp3) is 0.571. The first-order valence-corrected chi connectivity index (χ1v) is 6.75. The predicted octanol–water partition coefficient (Wildman–Crippen LogP) is 1.74. The number of nitrogens with zero attached hydrogens (tertiary/aromatic N) is 4. The third-order valence-corrected chi connectivity index (χ3v) is 4.09. The van der Waals surface area contributed by atoms with Gasteiger partial charge in [0.05, 0.1) is 5.41 Å². The third kappa shape index (κ3) is 2.57. The summed E-state index contributed by atoms with van der Waals surface area (Å²) in [5.41, 5.74) is 0.466. The summed E-state index contributed by atoms with van der Waals surface area (Å²) in [6, 6.07) is 3.66. The van der Waals surface area contributed by atoms with Crippen LogP contribution >= 0.6 is 0 Å². The van der Waals surface area contributed by atoms with Crippen LogP contribution in [0.3, 0.4) is 0 Å². The summed E-state index contributed by atoms with van der Waals surface area (Å²) in [6.07, 6.45) is 1.80. The molecular formula is C14H18N4O2. The average Bonchev–Trinajstić information content (AvgIpc) is 2.46. The minimum atomic E-state index is -0.720. The molecule has 0 spiro atoms. The number of piperidine rings is 1. The minimum Gasteiger partial charge on any atom is -0.481 e. The summed E-state index contributed by atoms with van der Waals surface area (Å²) in [6.45, 7) is 4.95. The van der Waals surface area contributed by atoms with Crippen LogP contribution in [0.25, 0.3) is 0 Å². The quantitative estimate of drug-likeness (QED) is 0.902. The highest BCUT2D eigenvalue weighted by atomic mass is 16.4. The van der Waals surface area contributed by atoms with Crippen LogP contribution in [0, 0.1) is 23.7 Å². The molecule has 6 nitrogen and oxygen atoms in total. The second kappa shape index (κ2) is 5.45. The number of hydrogen-bond acceptors (Lipinski definition) is 5. The van der Waals surface area contributed by atoms with Crippen LogP contribution in [0.4, 0.5) is 5.95 Å². The van der Waals surface area contributed by atoms with Crippen molar-refractivity contribution in [3.8, 4) is 6.07 Å². The van der Waals surface area contributed by atoms with E-state index >= 15 is 0 Å². The predicted molar refractivity (Wildman–Crippen MR) is 73.3 cm³/mol. The molecule has 0 unspecified atom stereocenters. The van der Waals surface area contributed by atoms with Crippen molar-refractivity contribution in [2.24, 2.45) is 5.41 Å². The Morgan fingerprint density at radius 2 is 2.15 bits per heavy atom. The van der Waals surface area contributed by atoms with E-state index in [4.69, 9.17) is 5.26 Å². The van der Waals surface area contributed by atoms with Crippen molar-refractivity contribution in [3.63, 3.8) is 0 Å². The first-order valence-electron chi connectivity index (χ1n) is 6.75. The van der Waals surface area contributed by atoms with E-state index in [1.54, 1.807) is 6.07 Å². The van der Waals surface area contributed by atoms with Gasteiger partial charge in [0, 0.05) is 18.8 Å². The minimum absolute atomic E-state index is 0.345. The van der Waals surface area contributed by atoms with E-state index < -0.39 is 11.4 Å². The second-order valence-electron chi connectivity index (χ2n) is 5.23. The normalized spacial score (nSPS) is 17.6. The molecule has 1 N–H and O–H groups in total. The lowest BCUT2D eigenvalue weighted by atomic mass is 9.76. The average molecular weight is 274 g/mol. The Balaban J connectivity index is 2.17. The molecular weight excluding hydrogens is 256 g/mol. The van der Waals surface area contributed by atoms with Crippen LogP contribution in [0.2, 0.25) is 0 Å². The maximum atomic E-state index is 11.4. The molecule has 2 heterocycles. The SMILES string of the molecule is CCC1(C(=O)O)CCN(c2nc(C)cc(C#N)n2)CC1. The van der Waals surface area contributed by atoms with Crippen LogP contribution in [0.15, 0.2) is 6.07 Å². The molecule has 1 aromatic rings. The van der Waals surface area contributed by atoms with Crippen molar-refractivity contribution in [1.82, 2.24) is 9.97 Å². The summed E-state index contributed by atoms with van der Waals surface area (Å²) < 4.78 is 0. The van der Waals surface area contributed by atoms with Gasteiger partial charge < -0.3 is 10.0 Å². The Hall–Kier alpha value is -2.16. The lowest BCUT2D eigenvalue weighted by Gasteiger charge is -2.38. The van der Waals surface area contributed by atoms with Crippen molar-refractivity contribution >= 4 is 11.9 Å². The zero-order chi connectivity index (χ0) is 14.8.